The van der Waals surface area contributed by atoms with Crippen molar-refractivity contribution in [3.8, 4) is 0 Å². The van der Waals surface area contributed by atoms with Gasteiger partial charge in [0.1, 0.15) is 0 Å². The Morgan fingerprint density at radius 1 is 1.36 bits per heavy atom. The third-order valence-electron chi connectivity index (χ3n) is 1.77. The summed E-state index contributed by atoms with van der Waals surface area (Å²) in [6.07, 6.45) is -0.734. The van der Waals surface area contributed by atoms with Gasteiger partial charge in [0.05, 0.1) is 6.10 Å². The van der Waals surface area contributed by atoms with Crippen LogP contribution in [0.2, 0.25) is 0 Å². The number of hydrogen-bond acceptors (Lipinski definition) is 5. The molecular formula is C7H17NO4S2. The molecule has 0 bridgehead atoms. The van der Waals surface area contributed by atoms with Crippen molar-refractivity contribution < 1.29 is 18.1 Å². The summed E-state index contributed by atoms with van der Waals surface area (Å²) in [6.45, 7) is 5.97. The predicted molar refractivity (Wildman–Crippen MR) is 57.8 cm³/mol. The number of rotatable bonds is 7. The van der Waals surface area contributed by atoms with E-state index in [4.69, 9.17) is 4.55 Å². The highest BCUT2D eigenvalue weighted by atomic mass is 33.1. The Balaban J connectivity index is 3.80. The second-order valence-corrected chi connectivity index (χ2v) is 6.25. The van der Waals surface area contributed by atoms with Crippen molar-refractivity contribution >= 4 is 19.9 Å². The molecule has 0 radical (unpaired) electrons. The fraction of sp³-hybridized carbons (Fsp3) is 1.00. The average Bonchev–Trinajstić information content (AvgIpc) is 2.09. The molecule has 0 amide bonds. The van der Waals surface area contributed by atoms with Gasteiger partial charge in [0.15, 0.2) is 0 Å². The largest absolute Gasteiger partial charge is 0.391 e. The van der Waals surface area contributed by atoms with Crippen molar-refractivity contribution in [2.75, 3.05) is 25.4 Å². The molecule has 0 heterocycles. The molecule has 14 heavy (non-hydrogen) atoms. The lowest BCUT2D eigenvalue weighted by atomic mass is 10.3. The molecule has 0 aliphatic heterocycles. The van der Waals surface area contributed by atoms with Gasteiger partial charge in [0.2, 0.25) is 0 Å². The van der Waals surface area contributed by atoms with E-state index >= 15 is 0 Å². The summed E-state index contributed by atoms with van der Waals surface area (Å²) in [5.41, 5.74) is 0. The Hall–Kier alpha value is 0.180. The average molecular weight is 243 g/mol. The molecular weight excluding hydrogens is 226 g/mol. The highest BCUT2D eigenvalue weighted by Crippen LogP contribution is 2.11. The lowest BCUT2D eigenvalue weighted by Gasteiger charge is -2.21. The maximum absolute atomic E-state index is 10.4. The van der Waals surface area contributed by atoms with Gasteiger partial charge in [-0.2, -0.15) is 8.42 Å². The number of hydrogen-bond donors (Lipinski definition) is 2. The van der Waals surface area contributed by atoms with Gasteiger partial charge in [0.25, 0.3) is 0 Å². The molecule has 0 saturated heterocycles. The van der Waals surface area contributed by atoms with Crippen molar-refractivity contribution in [1.29, 1.82) is 0 Å². The summed E-state index contributed by atoms with van der Waals surface area (Å²) < 4.78 is 29.1. The normalized spacial score (nSPS) is 14.6. The summed E-state index contributed by atoms with van der Waals surface area (Å²) in [4.78, 5) is 1.98. The topological polar surface area (TPSA) is 77.8 Å². The van der Waals surface area contributed by atoms with E-state index in [0.29, 0.717) is 17.3 Å². The van der Waals surface area contributed by atoms with Crippen LogP contribution in [0.15, 0.2) is 0 Å². The Labute approximate surface area is 88.6 Å². The van der Waals surface area contributed by atoms with E-state index < -0.39 is 15.3 Å². The molecule has 0 aromatic heterocycles. The van der Waals surface area contributed by atoms with Crippen LogP contribution in [-0.2, 0) is 9.15 Å². The van der Waals surface area contributed by atoms with E-state index in [1.165, 1.54) is 0 Å². The predicted octanol–water partition coefficient (Wildman–Crippen LogP) is 0.225. The number of nitrogens with zero attached hydrogens (tertiary/aromatic N) is 1. The van der Waals surface area contributed by atoms with Crippen molar-refractivity contribution in [2.24, 2.45) is 0 Å². The van der Waals surface area contributed by atoms with Gasteiger partial charge in [-0.05, 0) is 23.9 Å². The van der Waals surface area contributed by atoms with Gasteiger partial charge >= 0.3 is 9.15 Å². The lowest BCUT2D eigenvalue weighted by Crippen LogP contribution is -2.33. The first-order valence-electron chi connectivity index (χ1n) is 4.41. The van der Waals surface area contributed by atoms with Gasteiger partial charge in [-0.1, -0.05) is 13.8 Å². The van der Waals surface area contributed by atoms with Crippen LogP contribution in [0.4, 0.5) is 0 Å². The third-order valence-corrected chi connectivity index (χ3v) is 3.89. The van der Waals surface area contributed by atoms with Crippen LogP contribution in [0.1, 0.15) is 13.8 Å². The maximum atomic E-state index is 10.4. The lowest BCUT2D eigenvalue weighted by molar-refractivity contribution is 0.137. The quantitative estimate of drug-likeness (QED) is 0.492. The summed E-state index contributed by atoms with van der Waals surface area (Å²) in [5.74, 6) is -0.00463. The molecule has 0 aliphatic carbocycles. The zero-order valence-electron chi connectivity index (χ0n) is 8.38. The monoisotopic (exact) mass is 243 g/mol. The summed E-state index contributed by atoms with van der Waals surface area (Å²) in [7, 11) is -3.67. The van der Waals surface area contributed by atoms with Gasteiger partial charge < -0.3 is 10.0 Å². The molecule has 0 rings (SSSR count). The van der Waals surface area contributed by atoms with Crippen LogP contribution in [0.5, 0.6) is 0 Å². The molecule has 1 atom stereocenters. The fourth-order valence-corrected chi connectivity index (χ4v) is 2.42. The van der Waals surface area contributed by atoms with Gasteiger partial charge in [-0.3, -0.25) is 4.55 Å². The van der Waals surface area contributed by atoms with E-state index in [1.807, 2.05) is 18.7 Å². The number of aliphatic hydroxyl groups excluding tert-OH is 1. The van der Waals surface area contributed by atoms with Gasteiger partial charge in [-0.25, -0.2) is 0 Å². The van der Waals surface area contributed by atoms with Crippen molar-refractivity contribution in [3.63, 3.8) is 0 Å². The van der Waals surface area contributed by atoms with E-state index in [9.17, 15) is 13.5 Å². The minimum Gasteiger partial charge on any atom is -0.391 e. The Morgan fingerprint density at radius 2 is 1.86 bits per heavy atom. The van der Waals surface area contributed by atoms with Crippen molar-refractivity contribution in [1.82, 2.24) is 4.90 Å². The molecule has 0 fully saturated rings. The van der Waals surface area contributed by atoms with E-state index in [2.05, 4.69) is 0 Å². The number of likely N-dealkylation sites (N-methyl/N-ethyl adjacent to an activating group) is 1. The fourth-order valence-electron chi connectivity index (χ4n) is 0.997. The summed E-state index contributed by atoms with van der Waals surface area (Å²) in [5, 5.41) is 9.41. The van der Waals surface area contributed by atoms with Crippen LogP contribution in [0.3, 0.4) is 0 Å². The second-order valence-electron chi connectivity index (χ2n) is 2.85. The zero-order chi connectivity index (χ0) is 11.2. The Morgan fingerprint density at radius 3 is 2.21 bits per heavy atom. The minimum absolute atomic E-state index is 0.00463. The third kappa shape index (κ3) is 7.57. The second kappa shape index (κ2) is 6.62. The molecule has 0 saturated carbocycles. The van der Waals surface area contributed by atoms with Gasteiger partial charge in [-0.15, -0.1) is 0 Å². The standard InChI is InChI=1S/C7H17NO4S2/c1-3-8(4-2)5-7(9)6-13-14(10,11)12/h7,9H,3-6H2,1-2H3,(H,10,11,12). The van der Waals surface area contributed by atoms with Crippen LogP contribution in [0, 0.1) is 0 Å². The highest BCUT2D eigenvalue weighted by molar-refractivity contribution is 8.69. The molecule has 0 spiro atoms. The smallest absolute Gasteiger partial charge is 0.319 e. The molecule has 2 N–H and O–H groups in total. The minimum atomic E-state index is -4.03. The highest BCUT2D eigenvalue weighted by Gasteiger charge is 2.13. The molecule has 0 aromatic carbocycles. The number of aliphatic hydroxyl groups is 1. The first-order chi connectivity index (χ1) is 6.39. The first-order valence-corrected chi connectivity index (χ1v) is 7.35. The van der Waals surface area contributed by atoms with E-state index in [1.54, 1.807) is 0 Å². The molecule has 7 heteroatoms. The molecule has 1 unspecified atom stereocenters. The Kier molecular flexibility index (Phi) is 6.71. The van der Waals surface area contributed by atoms with Crippen molar-refractivity contribution in [3.05, 3.63) is 0 Å². The van der Waals surface area contributed by atoms with Crippen LogP contribution < -0.4 is 0 Å². The SMILES string of the molecule is CCN(CC)CC(O)CSS(=O)(=O)O. The first kappa shape index (κ1) is 14.2. The van der Waals surface area contributed by atoms with Crippen LogP contribution in [-0.4, -0.2) is 54.5 Å². The van der Waals surface area contributed by atoms with Crippen LogP contribution in [0.25, 0.3) is 0 Å². The maximum Gasteiger partial charge on any atom is 0.319 e. The van der Waals surface area contributed by atoms with Gasteiger partial charge in [0, 0.05) is 12.3 Å². The van der Waals surface area contributed by atoms with E-state index in [-0.39, 0.29) is 5.75 Å². The molecule has 86 valence electrons. The van der Waals surface area contributed by atoms with Crippen molar-refractivity contribution in [2.45, 2.75) is 20.0 Å². The summed E-state index contributed by atoms with van der Waals surface area (Å²) >= 11 is 0. The van der Waals surface area contributed by atoms with Crippen LogP contribution >= 0.6 is 10.8 Å². The summed E-state index contributed by atoms with van der Waals surface area (Å²) in [6, 6.07) is 0. The zero-order valence-corrected chi connectivity index (χ0v) is 10.0. The molecule has 0 aromatic rings. The van der Waals surface area contributed by atoms with E-state index in [0.717, 1.165) is 13.1 Å². The molecule has 0 aliphatic rings. The molecule has 5 nitrogen and oxygen atoms in total. The Bertz CT molecular complexity index is 238.